The van der Waals surface area contributed by atoms with Gasteiger partial charge in [0.2, 0.25) is 17.7 Å². The second kappa shape index (κ2) is 26.4. The third kappa shape index (κ3) is 18.3. The van der Waals surface area contributed by atoms with Crippen molar-refractivity contribution in [3.05, 3.63) is 0 Å². The molecule has 0 aromatic rings. The third-order valence-electron chi connectivity index (χ3n) is 9.74. The molecular weight excluding hydrogens is 708 g/mol. The highest BCUT2D eigenvalue weighted by molar-refractivity contribution is 5.88. The van der Waals surface area contributed by atoms with Crippen molar-refractivity contribution in [2.24, 2.45) is 23.2 Å². The number of ether oxygens (including phenoxy) is 3. The Morgan fingerprint density at radius 2 is 0.759 bits per heavy atom. The summed E-state index contributed by atoms with van der Waals surface area (Å²) in [6.45, 7) is 13.1. The summed E-state index contributed by atoms with van der Waals surface area (Å²) in [7, 11) is 3.59. The molecule has 0 aliphatic rings. The fourth-order valence-corrected chi connectivity index (χ4v) is 5.18. The van der Waals surface area contributed by atoms with Crippen molar-refractivity contribution in [3.63, 3.8) is 0 Å². The van der Waals surface area contributed by atoms with Gasteiger partial charge in [0, 0.05) is 45.8 Å². The van der Waals surface area contributed by atoms with E-state index in [9.17, 15) is 44.4 Å². The van der Waals surface area contributed by atoms with Crippen LogP contribution in [0.1, 0.15) is 93.4 Å². The molecule has 54 heavy (non-hydrogen) atoms. The molecule has 0 aliphatic carbocycles. The molecule has 0 saturated carbocycles. The number of carbonyl (C=O) groups is 6. The molecule has 0 rings (SSSR count). The lowest BCUT2D eigenvalue weighted by Crippen LogP contribution is -2.50. The van der Waals surface area contributed by atoms with Gasteiger partial charge < -0.3 is 30.2 Å². The fourth-order valence-electron chi connectivity index (χ4n) is 5.18. The molecule has 0 fully saturated rings. The zero-order valence-electron chi connectivity index (χ0n) is 34.0. The van der Waals surface area contributed by atoms with Gasteiger partial charge in [-0.1, -0.05) is 67.7 Å². The summed E-state index contributed by atoms with van der Waals surface area (Å²) in [6, 6.07) is -2.72. The maximum atomic E-state index is 12.7. The fraction of sp³-hybridized carbons (Fsp3) is 0.833. The molecule has 0 bridgehead atoms. The average Bonchev–Trinajstić information content (AvgIpc) is 3.14. The van der Waals surface area contributed by atoms with E-state index in [0.717, 1.165) is 0 Å². The number of rotatable bonds is 28. The molecule has 6 N–H and O–H groups in total. The summed E-state index contributed by atoms with van der Waals surface area (Å²) in [5, 5.41) is 38.3. The second-order valence-electron chi connectivity index (χ2n) is 14.1. The normalized spacial score (nSPS) is 15.7. The number of nitrogens with one attached hydrogen (secondary N) is 3. The predicted octanol–water partition coefficient (Wildman–Crippen LogP) is 1.74. The van der Waals surface area contributed by atoms with Crippen molar-refractivity contribution in [3.8, 4) is 0 Å². The van der Waals surface area contributed by atoms with Crippen molar-refractivity contribution in [2.75, 3.05) is 60.8 Å². The summed E-state index contributed by atoms with van der Waals surface area (Å²) in [5.41, 5.74) is -0.776. The van der Waals surface area contributed by atoms with Gasteiger partial charge in [-0.3, -0.25) is 44.4 Å². The van der Waals surface area contributed by atoms with E-state index >= 15 is 0 Å². The van der Waals surface area contributed by atoms with E-state index in [4.69, 9.17) is 14.2 Å². The third-order valence-corrected chi connectivity index (χ3v) is 9.74. The van der Waals surface area contributed by atoms with Gasteiger partial charge in [0.1, 0.15) is 18.1 Å². The van der Waals surface area contributed by atoms with Gasteiger partial charge in [-0.2, -0.15) is 0 Å². The first-order valence-corrected chi connectivity index (χ1v) is 18.8. The zero-order valence-corrected chi connectivity index (χ0v) is 34.0. The van der Waals surface area contributed by atoms with Crippen LogP contribution in [-0.2, 0) is 43.0 Å². The summed E-state index contributed by atoms with van der Waals surface area (Å²) >= 11 is 0. The smallest absolute Gasteiger partial charge is 0.268 e. The van der Waals surface area contributed by atoms with E-state index in [1.165, 1.54) is 21.1 Å². The number of hydrogen-bond acceptors (Lipinski definition) is 12. The topological polar surface area (TPSA) is 237 Å². The number of hydroxylamine groups is 6. The molecule has 0 spiro atoms. The minimum atomic E-state index is -0.908. The summed E-state index contributed by atoms with van der Waals surface area (Å²) in [4.78, 5) is 75.5. The Morgan fingerprint density at radius 1 is 0.519 bits per heavy atom. The zero-order chi connectivity index (χ0) is 41.6. The Kier molecular flexibility index (Phi) is 24.7. The minimum Gasteiger partial charge on any atom is -0.380 e. The molecule has 6 unspecified atom stereocenters. The van der Waals surface area contributed by atoms with Crippen LogP contribution >= 0.6 is 0 Å². The van der Waals surface area contributed by atoms with Crippen LogP contribution in [0.15, 0.2) is 0 Å². The number of nitrogens with zero attached hydrogens (tertiary/aromatic N) is 3. The van der Waals surface area contributed by atoms with Crippen LogP contribution in [-0.4, -0.2) is 145 Å². The first-order chi connectivity index (χ1) is 25.3. The van der Waals surface area contributed by atoms with E-state index in [0.29, 0.717) is 40.9 Å². The van der Waals surface area contributed by atoms with Gasteiger partial charge in [0.25, 0.3) is 17.7 Å². The Morgan fingerprint density at radius 3 is 0.944 bits per heavy atom. The highest BCUT2D eigenvalue weighted by Crippen LogP contribution is 2.25. The van der Waals surface area contributed by atoms with Gasteiger partial charge >= 0.3 is 0 Å². The van der Waals surface area contributed by atoms with Crippen molar-refractivity contribution < 1.29 is 58.6 Å². The second-order valence-corrected chi connectivity index (χ2v) is 14.1. The largest absolute Gasteiger partial charge is 0.380 e. The molecule has 18 nitrogen and oxygen atoms in total. The van der Waals surface area contributed by atoms with E-state index < -0.39 is 59.0 Å². The maximum Gasteiger partial charge on any atom is 0.268 e. The van der Waals surface area contributed by atoms with Crippen LogP contribution in [0.2, 0.25) is 0 Å². The average molecular weight is 777 g/mol. The summed E-state index contributed by atoms with van der Waals surface area (Å²) in [6.07, 6.45) is 2.04. The predicted molar refractivity (Wildman–Crippen MR) is 197 cm³/mol. The highest BCUT2D eigenvalue weighted by atomic mass is 16.5. The standard InChI is InChI=1S/C36H68N6O12/c1-11-24(5)30(33(46)40(8)49)37-27(43)15-18-52-21-36(14-4,22-53-19-16-28(44)38-31(25(6)12-2)34(47)41(9)50)23-54-20-17-29(45)39-32(26(7)13-3)35(48)42(10)51/h24-26,30-32,49-51H,11-23H2,1-10H3,(H,37,43)(H,38,44)(H,39,45). The first kappa shape index (κ1) is 50.6. The van der Waals surface area contributed by atoms with E-state index in [1.807, 2.05) is 27.7 Å². The Balaban J connectivity index is 5.58. The van der Waals surface area contributed by atoms with Gasteiger partial charge in [0.15, 0.2) is 0 Å². The van der Waals surface area contributed by atoms with Crippen LogP contribution in [0.4, 0.5) is 0 Å². The van der Waals surface area contributed by atoms with Crippen molar-refractivity contribution in [2.45, 2.75) is 112 Å². The van der Waals surface area contributed by atoms with Crippen LogP contribution in [0.3, 0.4) is 0 Å². The van der Waals surface area contributed by atoms with Crippen LogP contribution < -0.4 is 16.0 Å². The molecule has 0 saturated heterocycles. The number of likely N-dealkylation sites (N-methyl/N-ethyl adjacent to an activating group) is 3. The molecule has 0 radical (unpaired) electrons. The van der Waals surface area contributed by atoms with Crippen molar-refractivity contribution >= 4 is 35.4 Å². The highest BCUT2D eigenvalue weighted by Gasteiger charge is 2.33. The lowest BCUT2D eigenvalue weighted by atomic mass is 9.88. The van der Waals surface area contributed by atoms with E-state index in [2.05, 4.69) is 16.0 Å². The van der Waals surface area contributed by atoms with Crippen LogP contribution in [0, 0.1) is 23.2 Å². The van der Waals surface area contributed by atoms with E-state index in [1.54, 1.807) is 20.8 Å². The van der Waals surface area contributed by atoms with Gasteiger partial charge in [0.05, 0.1) is 39.6 Å². The number of hydrogen-bond donors (Lipinski definition) is 6. The lowest BCUT2D eigenvalue weighted by Gasteiger charge is -2.32. The molecule has 18 heteroatoms. The first-order valence-electron chi connectivity index (χ1n) is 18.8. The SMILES string of the molecule is CCC(C)C(NC(=O)CCOCC(CC)(COCCC(=O)NC(C(=O)N(C)O)C(C)CC)COCCC(=O)NC(C(=O)N(C)O)C(C)CC)C(=O)N(C)O. The van der Waals surface area contributed by atoms with Gasteiger partial charge in [-0.25, -0.2) is 15.2 Å². The van der Waals surface area contributed by atoms with Gasteiger partial charge in [-0.05, 0) is 24.2 Å². The molecule has 6 amide bonds. The van der Waals surface area contributed by atoms with Gasteiger partial charge in [-0.15, -0.1) is 0 Å². The van der Waals surface area contributed by atoms with Crippen LogP contribution in [0.25, 0.3) is 0 Å². The molecular formula is C36H68N6O12. The Hall–Kier alpha value is -3.42. The molecule has 314 valence electrons. The molecule has 0 aromatic carbocycles. The maximum absolute atomic E-state index is 12.7. The quantitative estimate of drug-likeness (QED) is 0.0379. The molecule has 6 atom stereocenters. The van der Waals surface area contributed by atoms with Crippen LogP contribution in [0.5, 0.6) is 0 Å². The Bertz CT molecular complexity index is 1040. The molecule has 0 aromatic heterocycles. The van der Waals surface area contributed by atoms with Crippen molar-refractivity contribution in [1.29, 1.82) is 0 Å². The molecule has 0 aliphatic heterocycles. The minimum absolute atomic E-state index is 0.0105. The number of amides is 6. The van der Waals surface area contributed by atoms with E-state index in [-0.39, 0.29) is 76.7 Å². The summed E-state index contributed by atoms with van der Waals surface area (Å²) in [5.74, 6) is -3.89. The lowest BCUT2D eigenvalue weighted by molar-refractivity contribution is -0.164. The monoisotopic (exact) mass is 776 g/mol. The van der Waals surface area contributed by atoms with Crippen molar-refractivity contribution in [1.82, 2.24) is 31.1 Å². The Labute approximate surface area is 320 Å². The summed E-state index contributed by atoms with van der Waals surface area (Å²) < 4.78 is 17.8. The number of carbonyl (C=O) groups excluding carboxylic acids is 6. The molecule has 0 heterocycles.